The Morgan fingerprint density at radius 3 is 2.69 bits per heavy atom. The van der Waals surface area contributed by atoms with Gasteiger partial charge in [0.1, 0.15) is 18.3 Å². The Kier molecular flexibility index (Phi) is 1.42. The molecule has 0 aromatic rings. The summed E-state index contributed by atoms with van der Waals surface area (Å²) in [5.74, 6) is -0.430. The first-order valence-electron chi connectivity index (χ1n) is 4.82. The fraction of sp³-hybridized carbons (Fsp3) is 1.00. The second-order valence-corrected chi connectivity index (χ2v) is 4.56. The quantitative estimate of drug-likeness (QED) is 0.550. The van der Waals surface area contributed by atoms with Crippen LogP contribution in [-0.2, 0) is 14.3 Å². The average molecular weight is 185 g/mol. The molecule has 4 nitrogen and oxygen atoms in total. The van der Waals surface area contributed by atoms with Crippen LogP contribution >= 0.6 is 0 Å². The van der Waals surface area contributed by atoms with E-state index in [1.54, 1.807) is 0 Å². The van der Waals surface area contributed by atoms with Crippen LogP contribution in [-0.4, -0.2) is 42.3 Å². The van der Waals surface area contributed by atoms with Crippen molar-refractivity contribution in [2.45, 2.75) is 50.4 Å². The second kappa shape index (κ2) is 2.25. The van der Waals surface area contributed by atoms with Gasteiger partial charge in [-0.05, 0) is 20.3 Å². The zero-order valence-corrected chi connectivity index (χ0v) is 8.19. The van der Waals surface area contributed by atoms with E-state index in [0.717, 1.165) is 6.42 Å². The number of likely N-dealkylation sites (N-methyl/N-ethyl adjacent to an activating group) is 1. The van der Waals surface area contributed by atoms with Gasteiger partial charge in [-0.3, -0.25) is 4.84 Å². The van der Waals surface area contributed by atoms with Crippen molar-refractivity contribution in [1.82, 2.24) is 5.06 Å². The van der Waals surface area contributed by atoms with Gasteiger partial charge in [0.2, 0.25) is 0 Å². The molecule has 2 bridgehead atoms. The molecule has 0 N–H and O–H groups in total. The first kappa shape index (κ1) is 8.17. The Morgan fingerprint density at radius 1 is 1.23 bits per heavy atom. The highest BCUT2D eigenvalue weighted by molar-refractivity contribution is 5.05. The van der Waals surface area contributed by atoms with Crippen LogP contribution < -0.4 is 0 Å². The zero-order valence-electron chi connectivity index (χ0n) is 8.19. The van der Waals surface area contributed by atoms with Gasteiger partial charge in [-0.1, -0.05) is 0 Å². The van der Waals surface area contributed by atoms with E-state index in [2.05, 4.69) is 0 Å². The summed E-state index contributed by atoms with van der Waals surface area (Å²) in [6.45, 7) is 3.93. The highest BCUT2D eigenvalue weighted by atomic mass is 16.8. The smallest absolute Gasteiger partial charge is 0.163 e. The molecule has 0 unspecified atom stereocenters. The fourth-order valence-corrected chi connectivity index (χ4v) is 2.66. The maximum atomic E-state index is 5.83. The highest BCUT2D eigenvalue weighted by Gasteiger charge is 2.60. The number of hydroxylamine groups is 2. The molecule has 0 spiro atoms. The summed E-state index contributed by atoms with van der Waals surface area (Å²) in [4.78, 5) is 5.60. The van der Waals surface area contributed by atoms with E-state index < -0.39 is 5.79 Å². The molecule has 74 valence electrons. The number of hydrogen-bond donors (Lipinski definition) is 0. The number of hydrogen-bond acceptors (Lipinski definition) is 4. The van der Waals surface area contributed by atoms with Crippen LogP contribution in [0.5, 0.6) is 0 Å². The number of fused-ring (bicyclic) bond motifs is 5. The van der Waals surface area contributed by atoms with Crippen molar-refractivity contribution in [2.24, 2.45) is 0 Å². The van der Waals surface area contributed by atoms with E-state index in [1.165, 1.54) is 0 Å². The first-order valence-corrected chi connectivity index (χ1v) is 4.82. The highest BCUT2D eigenvalue weighted by Crippen LogP contribution is 2.45. The topological polar surface area (TPSA) is 30.9 Å². The fourth-order valence-electron chi connectivity index (χ4n) is 2.66. The van der Waals surface area contributed by atoms with Crippen molar-refractivity contribution in [3.63, 3.8) is 0 Å². The summed E-state index contributed by atoms with van der Waals surface area (Å²) in [6.07, 6.45) is 1.61. The SMILES string of the molecule is CN1O[C@H]2C[C@@H]1[C@@H]1OC(C)(C)O[C@@H]12. The number of ether oxygens (including phenoxy) is 2. The summed E-state index contributed by atoms with van der Waals surface area (Å²) in [7, 11) is 1.97. The minimum absolute atomic E-state index is 0.149. The normalized spacial score (nSPS) is 52.8. The van der Waals surface area contributed by atoms with Crippen molar-refractivity contribution in [3.05, 3.63) is 0 Å². The van der Waals surface area contributed by atoms with E-state index in [4.69, 9.17) is 14.3 Å². The Hall–Kier alpha value is -0.160. The van der Waals surface area contributed by atoms with E-state index >= 15 is 0 Å². The summed E-state index contributed by atoms with van der Waals surface area (Å²) >= 11 is 0. The number of nitrogens with zero attached hydrogens (tertiary/aromatic N) is 1. The maximum Gasteiger partial charge on any atom is 0.163 e. The third-order valence-corrected chi connectivity index (χ3v) is 3.15. The van der Waals surface area contributed by atoms with Crippen LogP contribution in [0.2, 0.25) is 0 Å². The van der Waals surface area contributed by atoms with Crippen molar-refractivity contribution < 1.29 is 14.3 Å². The summed E-state index contributed by atoms with van der Waals surface area (Å²) in [6, 6.07) is 0.386. The molecule has 2 heterocycles. The zero-order chi connectivity index (χ0) is 9.22. The molecule has 3 aliphatic rings. The van der Waals surface area contributed by atoms with Gasteiger partial charge in [0.15, 0.2) is 5.79 Å². The van der Waals surface area contributed by atoms with Gasteiger partial charge in [0.05, 0.1) is 6.04 Å². The van der Waals surface area contributed by atoms with Crippen molar-refractivity contribution in [1.29, 1.82) is 0 Å². The molecule has 2 saturated heterocycles. The molecule has 0 aromatic carbocycles. The molecule has 0 aromatic heterocycles. The molecule has 0 radical (unpaired) electrons. The molecule has 3 rings (SSSR count). The summed E-state index contributed by atoms with van der Waals surface area (Å²) in [5, 5.41) is 1.91. The lowest BCUT2D eigenvalue weighted by atomic mass is 10.2. The van der Waals surface area contributed by atoms with E-state index in [-0.39, 0.29) is 18.3 Å². The molecule has 4 heteroatoms. The lowest BCUT2D eigenvalue weighted by molar-refractivity contribution is -0.209. The third kappa shape index (κ3) is 1.00. The van der Waals surface area contributed by atoms with Crippen molar-refractivity contribution in [3.8, 4) is 0 Å². The van der Waals surface area contributed by atoms with Gasteiger partial charge < -0.3 is 9.47 Å². The average Bonchev–Trinajstić information content (AvgIpc) is 2.56. The molecule has 2 aliphatic heterocycles. The maximum absolute atomic E-state index is 5.83. The van der Waals surface area contributed by atoms with Gasteiger partial charge in [0.25, 0.3) is 0 Å². The van der Waals surface area contributed by atoms with E-state index in [0.29, 0.717) is 6.04 Å². The minimum Gasteiger partial charge on any atom is -0.343 e. The first-order chi connectivity index (χ1) is 6.07. The van der Waals surface area contributed by atoms with Crippen LogP contribution in [0, 0.1) is 0 Å². The van der Waals surface area contributed by atoms with Crippen molar-refractivity contribution >= 4 is 0 Å². The Balaban J connectivity index is 1.87. The van der Waals surface area contributed by atoms with Gasteiger partial charge in [-0.2, -0.15) is 5.06 Å². The molecule has 13 heavy (non-hydrogen) atoms. The molecule has 3 fully saturated rings. The molecular weight excluding hydrogens is 170 g/mol. The van der Waals surface area contributed by atoms with Gasteiger partial charge in [0, 0.05) is 7.05 Å². The third-order valence-electron chi connectivity index (χ3n) is 3.15. The van der Waals surface area contributed by atoms with Crippen LogP contribution in [0.15, 0.2) is 0 Å². The van der Waals surface area contributed by atoms with Crippen LogP contribution in [0.3, 0.4) is 0 Å². The minimum atomic E-state index is -0.430. The Bertz CT molecular complexity index is 243. The van der Waals surface area contributed by atoms with Crippen LogP contribution in [0.25, 0.3) is 0 Å². The van der Waals surface area contributed by atoms with Gasteiger partial charge >= 0.3 is 0 Å². The predicted octanol–water partition coefficient (Wildman–Crippen LogP) is 0.524. The largest absolute Gasteiger partial charge is 0.343 e. The van der Waals surface area contributed by atoms with Crippen molar-refractivity contribution in [2.75, 3.05) is 7.05 Å². The Morgan fingerprint density at radius 2 is 1.92 bits per heavy atom. The van der Waals surface area contributed by atoms with E-state index in [1.807, 2.05) is 26.0 Å². The monoisotopic (exact) mass is 185 g/mol. The Labute approximate surface area is 77.7 Å². The number of rotatable bonds is 0. The molecule has 4 atom stereocenters. The molecule has 1 saturated carbocycles. The van der Waals surface area contributed by atoms with E-state index in [9.17, 15) is 0 Å². The molecule has 0 amide bonds. The second-order valence-electron chi connectivity index (χ2n) is 4.56. The van der Waals surface area contributed by atoms with Gasteiger partial charge in [-0.15, -0.1) is 0 Å². The summed E-state index contributed by atoms with van der Waals surface area (Å²) in [5.41, 5.74) is 0. The van der Waals surface area contributed by atoms with Crippen LogP contribution in [0.1, 0.15) is 20.3 Å². The molecular formula is C9H15NO3. The van der Waals surface area contributed by atoms with Crippen LogP contribution in [0.4, 0.5) is 0 Å². The molecule has 1 aliphatic carbocycles. The standard InChI is InChI=1S/C9H15NO3/c1-9(2)11-7-5-4-6(8(7)12-9)13-10(5)3/h5-8H,4H2,1-3H3/t5-,6+,7+,8-/m1/s1. The van der Waals surface area contributed by atoms with Gasteiger partial charge in [-0.25, -0.2) is 0 Å². The predicted molar refractivity (Wildman–Crippen MR) is 44.9 cm³/mol. The lowest BCUT2D eigenvalue weighted by Gasteiger charge is -2.28. The lowest BCUT2D eigenvalue weighted by Crippen LogP contribution is -2.45. The summed E-state index contributed by atoms with van der Waals surface area (Å²) < 4.78 is 11.6.